The molecule has 1 heterocycles. The van der Waals surface area contributed by atoms with Gasteiger partial charge in [-0.1, -0.05) is 27.2 Å². The molecule has 1 fully saturated rings. The van der Waals surface area contributed by atoms with Crippen LogP contribution in [0.5, 0.6) is 5.75 Å². The number of hydrogen-bond donors (Lipinski definition) is 1. The SMILES string of the molecule is CCOc1ccc(S(=O)(=O)N2CCCCC2)cc1NC(=O)CSC(C)(C)C. The normalized spacial score (nSPS) is 16.1. The van der Waals surface area contributed by atoms with Crippen LogP contribution in [-0.4, -0.2) is 48.8 Å². The summed E-state index contributed by atoms with van der Waals surface area (Å²) >= 11 is 1.53. The smallest absolute Gasteiger partial charge is 0.243 e. The Kier molecular flexibility index (Phi) is 7.59. The van der Waals surface area contributed by atoms with Crippen molar-refractivity contribution in [1.29, 1.82) is 0 Å². The first kappa shape index (κ1) is 22.0. The van der Waals surface area contributed by atoms with E-state index in [1.807, 2.05) is 27.7 Å². The van der Waals surface area contributed by atoms with Crippen LogP contribution in [0.15, 0.2) is 23.1 Å². The molecular weight excluding hydrogens is 384 g/mol. The van der Waals surface area contributed by atoms with Gasteiger partial charge in [0.05, 0.1) is 22.9 Å². The summed E-state index contributed by atoms with van der Waals surface area (Å²) in [6.45, 7) is 9.49. The quantitative estimate of drug-likeness (QED) is 0.736. The van der Waals surface area contributed by atoms with Crippen LogP contribution in [0.4, 0.5) is 5.69 Å². The maximum absolute atomic E-state index is 12.9. The number of sulfonamides is 1. The van der Waals surface area contributed by atoms with Gasteiger partial charge in [0.25, 0.3) is 0 Å². The van der Waals surface area contributed by atoms with Crippen LogP contribution >= 0.6 is 11.8 Å². The van der Waals surface area contributed by atoms with Gasteiger partial charge in [-0.15, -0.1) is 11.8 Å². The third-order valence-electron chi connectivity index (χ3n) is 4.11. The molecule has 0 aromatic heterocycles. The third-order valence-corrected chi connectivity index (χ3v) is 7.28. The Labute approximate surface area is 167 Å². The summed E-state index contributed by atoms with van der Waals surface area (Å²) in [7, 11) is -3.57. The van der Waals surface area contributed by atoms with Crippen molar-refractivity contribution in [3.63, 3.8) is 0 Å². The maximum atomic E-state index is 12.9. The molecule has 2 rings (SSSR count). The number of amides is 1. The number of piperidine rings is 1. The van der Waals surface area contributed by atoms with Crippen LogP contribution in [0, 0.1) is 0 Å². The monoisotopic (exact) mass is 414 g/mol. The summed E-state index contributed by atoms with van der Waals surface area (Å²) in [5.41, 5.74) is 0.398. The zero-order valence-electron chi connectivity index (χ0n) is 16.6. The lowest BCUT2D eigenvalue weighted by Crippen LogP contribution is -2.35. The van der Waals surface area contributed by atoms with Gasteiger partial charge in [-0.2, -0.15) is 4.31 Å². The first-order valence-electron chi connectivity index (χ1n) is 9.34. The van der Waals surface area contributed by atoms with Gasteiger partial charge in [0, 0.05) is 17.8 Å². The number of carbonyl (C=O) groups excluding carboxylic acids is 1. The Balaban J connectivity index is 2.24. The Morgan fingerprint density at radius 3 is 2.48 bits per heavy atom. The van der Waals surface area contributed by atoms with Crippen molar-refractivity contribution in [2.24, 2.45) is 0 Å². The van der Waals surface area contributed by atoms with Crippen LogP contribution in [0.25, 0.3) is 0 Å². The summed E-state index contributed by atoms with van der Waals surface area (Å²) in [6, 6.07) is 4.68. The number of nitrogens with zero attached hydrogens (tertiary/aromatic N) is 1. The van der Waals surface area contributed by atoms with E-state index >= 15 is 0 Å². The van der Waals surface area contributed by atoms with Gasteiger partial charge in [-0.25, -0.2) is 8.42 Å². The average Bonchev–Trinajstić information content (AvgIpc) is 2.62. The molecule has 0 bridgehead atoms. The molecule has 0 aliphatic carbocycles. The van der Waals surface area contributed by atoms with Crippen molar-refractivity contribution >= 4 is 33.4 Å². The fraction of sp³-hybridized carbons (Fsp3) is 0.632. The predicted molar refractivity (Wildman–Crippen MR) is 111 cm³/mol. The molecule has 6 nitrogen and oxygen atoms in total. The molecule has 0 saturated carbocycles. The summed E-state index contributed by atoms with van der Waals surface area (Å²) in [6.07, 6.45) is 2.82. The first-order chi connectivity index (χ1) is 12.6. The molecule has 1 saturated heterocycles. The molecule has 152 valence electrons. The van der Waals surface area contributed by atoms with Crippen LogP contribution in [0.2, 0.25) is 0 Å². The second kappa shape index (κ2) is 9.30. The molecular formula is C19H30N2O4S2. The number of benzene rings is 1. The molecule has 1 aromatic carbocycles. The van der Waals surface area contributed by atoms with Gasteiger partial charge in [-0.05, 0) is 38.0 Å². The van der Waals surface area contributed by atoms with Crippen molar-refractivity contribution in [2.75, 3.05) is 30.8 Å². The Hall–Kier alpha value is -1.25. The van der Waals surface area contributed by atoms with E-state index in [1.165, 1.54) is 22.1 Å². The van der Waals surface area contributed by atoms with E-state index in [-0.39, 0.29) is 21.3 Å². The molecule has 1 N–H and O–H groups in total. The second-order valence-electron chi connectivity index (χ2n) is 7.50. The average molecular weight is 415 g/mol. The minimum absolute atomic E-state index is 0.0282. The highest BCUT2D eigenvalue weighted by Gasteiger charge is 2.27. The molecule has 0 spiro atoms. The number of carbonyl (C=O) groups is 1. The van der Waals surface area contributed by atoms with Crippen LogP contribution in [0.1, 0.15) is 47.0 Å². The van der Waals surface area contributed by atoms with E-state index in [0.29, 0.717) is 31.1 Å². The highest BCUT2D eigenvalue weighted by molar-refractivity contribution is 8.01. The van der Waals surface area contributed by atoms with E-state index in [2.05, 4.69) is 5.32 Å². The van der Waals surface area contributed by atoms with Crippen molar-refractivity contribution < 1.29 is 17.9 Å². The second-order valence-corrected chi connectivity index (χ2v) is 11.2. The van der Waals surface area contributed by atoms with E-state index in [9.17, 15) is 13.2 Å². The van der Waals surface area contributed by atoms with Gasteiger partial charge < -0.3 is 10.1 Å². The van der Waals surface area contributed by atoms with E-state index < -0.39 is 10.0 Å². The molecule has 0 atom stereocenters. The molecule has 0 unspecified atom stereocenters. The minimum atomic E-state index is -3.57. The minimum Gasteiger partial charge on any atom is -0.492 e. The topological polar surface area (TPSA) is 75.7 Å². The lowest BCUT2D eigenvalue weighted by molar-refractivity contribution is -0.113. The predicted octanol–water partition coefficient (Wildman–Crippen LogP) is 3.73. The molecule has 1 aliphatic rings. The number of thioether (sulfide) groups is 1. The molecule has 1 aromatic rings. The highest BCUT2D eigenvalue weighted by Crippen LogP contribution is 2.31. The zero-order chi connectivity index (χ0) is 20.1. The Morgan fingerprint density at radius 1 is 1.22 bits per heavy atom. The maximum Gasteiger partial charge on any atom is 0.243 e. The lowest BCUT2D eigenvalue weighted by Gasteiger charge is -2.26. The summed E-state index contributed by atoms with van der Waals surface area (Å²) in [5, 5.41) is 2.82. The fourth-order valence-corrected chi connectivity index (χ4v) is 4.95. The van der Waals surface area contributed by atoms with Crippen molar-refractivity contribution in [3.8, 4) is 5.75 Å². The van der Waals surface area contributed by atoms with Gasteiger partial charge in [0.2, 0.25) is 15.9 Å². The largest absolute Gasteiger partial charge is 0.492 e. The van der Waals surface area contributed by atoms with Crippen molar-refractivity contribution in [3.05, 3.63) is 18.2 Å². The van der Waals surface area contributed by atoms with Gasteiger partial charge in [-0.3, -0.25) is 4.79 Å². The lowest BCUT2D eigenvalue weighted by atomic mass is 10.2. The number of rotatable bonds is 7. The standard InChI is InChI=1S/C19H30N2O4S2/c1-5-25-17-10-9-15(27(23,24)21-11-7-6-8-12-21)13-16(17)20-18(22)14-26-19(2,3)4/h9-10,13H,5-8,11-12,14H2,1-4H3,(H,20,22). The Bertz CT molecular complexity index is 751. The van der Waals surface area contributed by atoms with Crippen molar-refractivity contribution in [2.45, 2.75) is 56.6 Å². The van der Waals surface area contributed by atoms with Gasteiger partial charge in [0.15, 0.2) is 0 Å². The zero-order valence-corrected chi connectivity index (χ0v) is 18.2. The van der Waals surface area contributed by atoms with E-state index in [0.717, 1.165) is 19.3 Å². The molecule has 1 aliphatic heterocycles. The number of hydrogen-bond acceptors (Lipinski definition) is 5. The van der Waals surface area contributed by atoms with E-state index in [1.54, 1.807) is 12.1 Å². The number of nitrogens with one attached hydrogen (secondary N) is 1. The first-order valence-corrected chi connectivity index (χ1v) is 11.8. The number of ether oxygens (including phenoxy) is 1. The van der Waals surface area contributed by atoms with E-state index in [4.69, 9.17) is 4.74 Å². The van der Waals surface area contributed by atoms with Gasteiger partial charge in [0.1, 0.15) is 5.75 Å². The number of anilines is 1. The summed E-state index contributed by atoms with van der Waals surface area (Å²) in [4.78, 5) is 12.5. The molecule has 8 heteroatoms. The fourth-order valence-electron chi connectivity index (χ4n) is 2.77. The summed E-state index contributed by atoms with van der Waals surface area (Å²) < 4.78 is 32.9. The molecule has 27 heavy (non-hydrogen) atoms. The highest BCUT2D eigenvalue weighted by atomic mass is 32.2. The molecule has 0 radical (unpaired) electrons. The third kappa shape index (κ3) is 6.40. The van der Waals surface area contributed by atoms with Crippen molar-refractivity contribution in [1.82, 2.24) is 4.31 Å². The van der Waals surface area contributed by atoms with Gasteiger partial charge >= 0.3 is 0 Å². The molecule has 1 amide bonds. The Morgan fingerprint density at radius 2 is 1.89 bits per heavy atom. The van der Waals surface area contributed by atoms with Crippen LogP contribution in [-0.2, 0) is 14.8 Å². The van der Waals surface area contributed by atoms with Crippen LogP contribution < -0.4 is 10.1 Å². The summed E-state index contributed by atoms with van der Waals surface area (Å²) in [5.74, 6) is 0.589. The van der Waals surface area contributed by atoms with Crippen LogP contribution in [0.3, 0.4) is 0 Å².